The Morgan fingerprint density at radius 3 is 2.85 bits per heavy atom. The lowest BCUT2D eigenvalue weighted by Crippen LogP contribution is -2.08. The van der Waals surface area contributed by atoms with Crippen LogP contribution in [0.4, 0.5) is 15.9 Å². The first-order chi connectivity index (χ1) is 9.69. The maximum absolute atomic E-state index is 13.2. The Kier molecular flexibility index (Phi) is 4.93. The predicted octanol–water partition coefficient (Wildman–Crippen LogP) is 4.22. The molecule has 106 valence electrons. The van der Waals surface area contributed by atoms with Gasteiger partial charge in [-0.1, -0.05) is 19.1 Å². The van der Waals surface area contributed by atoms with Crippen molar-refractivity contribution >= 4 is 11.5 Å². The number of rotatable bonds is 6. The van der Waals surface area contributed by atoms with Crippen LogP contribution in [0.25, 0.3) is 0 Å². The summed E-state index contributed by atoms with van der Waals surface area (Å²) in [5.41, 5.74) is 1.89. The summed E-state index contributed by atoms with van der Waals surface area (Å²) in [5, 5.41) is 6.60. The smallest absolute Gasteiger partial charge is 0.127 e. The Labute approximate surface area is 119 Å². The van der Waals surface area contributed by atoms with E-state index in [9.17, 15) is 4.39 Å². The number of anilines is 2. The highest BCUT2D eigenvalue weighted by atomic mass is 19.1. The molecule has 0 saturated carbocycles. The van der Waals surface area contributed by atoms with Gasteiger partial charge in [-0.05, 0) is 37.1 Å². The van der Waals surface area contributed by atoms with Crippen molar-refractivity contribution < 1.29 is 4.39 Å². The monoisotopic (exact) mass is 273 g/mol. The van der Waals surface area contributed by atoms with Crippen LogP contribution in [0.15, 0.2) is 42.6 Å². The first-order valence-electron chi connectivity index (χ1n) is 6.91. The van der Waals surface area contributed by atoms with Crippen LogP contribution in [0, 0.1) is 5.82 Å². The molecular weight excluding hydrogens is 253 g/mol. The average molecular weight is 273 g/mol. The molecule has 0 radical (unpaired) electrons. The number of pyridine rings is 1. The van der Waals surface area contributed by atoms with E-state index in [4.69, 9.17) is 0 Å². The van der Waals surface area contributed by atoms with Gasteiger partial charge in [0, 0.05) is 30.5 Å². The van der Waals surface area contributed by atoms with Gasteiger partial charge in [0.2, 0.25) is 0 Å². The maximum atomic E-state index is 13.2. The second-order valence-electron chi connectivity index (χ2n) is 4.78. The summed E-state index contributed by atoms with van der Waals surface area (Å²) in [5.74, 6) is 0.638. The number of hydrogen-bond acceptors (Lipinski definition) is 3. The topological polar surface area (TPSA) is 37.0 Å². The third-order valence-corrected chi connectivity index (χ3v) is 3.05. The van der Waals surface area contributed by atoms with Gasteiger partial charge < -0.3 is 10.6 Å². The number of nitrogens with one attached hydrogen (secondary N) is 2. The molecule has 0 spiro atoms. The quantitative estimate of drug-likeness (QED) is 0.827. The molecule has 4 heteroatoms. The van der Waals surface area contributed by atoms with Crippen LogP contribution >= 0.6 is 0 Å². The summed E-state index contributed by atoms with van der Waals surface area (Å²) in [6.45, 7) is 5.02. The molecule has 20 heavy (non-hydrogen) atoms. The van der Waals surface area contributed by atoms with E-state index >= 15 is 0 Å². The lowest BCUT2D eigenvalue weighted by molar-refractivity contribution is 0.623. The maximum Gasteiger partial charge on any atom is 0.127 e. The summed E-state index contributed by atoms with van der Waals surface area (Å²) in [7, 11) is 0. The molecule has 2 aromatic rings. The van der Waals surface area contributed by atoms with E-state index in [1.165, 1.54) is 6.07 Å². The van der Waals surface area contributed by atoms with E-state index in [0.29, 0.717) is 0 Å². The fourth-order valence-electron chi connectivity index (χ4n) is 1.98. The van der Waals surface area contributed by atoms with Crippen molar-refractivity contribution in [3.05, 3.63) is 54.0 Å². The van der Waals surface area contributed by atoms with Crippen LogP contribution in [0.3, 0.4) is 0 Å². The van der Waals surface area contributed by atoms with Gasteiger partial charge in [0.25, 0.3) is 0 Å². The van der Waals surface area contributed by atoms with Crippen molar-refractivity contribution in [2.24, 2.45) is 0 Å². The average Bonchev–Trinajstić information content (AvgIpc) is 2.45. The number of halogens is 1. The van der Waals surface area contributed by atoms with Crippen LogP contribution in [0.5, 0.6) is 0 Å². The van der Waals surface area contributed by atoms with Crippen LogP contribution in [0.2, 0.25) is 0 Å². The minimum Gasteiger partial charge on any atom is -0.378 e. The molecule has 0 amide bonds. The summed E-state index contributed by atoms with van der Waals surface area (Å²) in [6, 6.07) is 10.6. The molecule has 1 unspecified atom stereocenters. The number of benzene rings is 1. The zero-order valence-electron chi connectivity index (χ0n) is 11.9. The van der Waals surface area contributed by atoms with Crippen LogP contribution in [-0.2, 0) is 0 Å². The largest absolute Gasteiger partial charge is 0.378 e. The molecule has 0 bridgehead atoms. The van der Waals surface area contributed by atoms with Crippen molar-refractivity contribution in [3.8, 4) is 0 Å². The van der Waals surface area contributed by atoms with E-state index in [2.05, 4.69) is 22.5 Å². The summed E-state index contributed by atoms with van der Waals surface area (Å²) in [6.07, 6.45) is 2.82. The fraction of sp³-hybridized carbons (Fsp3) is 0.312. The molecule has 2 N–H and O–H groups in total. The zero-order valence-corrected chi connectivity index (χ0v) is 11.9. The van der Waals surface area contributed by atoms with Crippen LogP contribution in [0.1, 0.15) is 31.9 Å². The van der Waals surface area contributed by atoms with Gasteiger partial charge in [-0.15, -0.1) is 0 Å². The molecule has 1 aromatic heterocycles. The SMILES string of the molecule is CCCNc1cc(NC(C)c2cccc(F)c2)ccn1. The Hall–Kier alpha value is -2.10. The molecule has 0 saturated heterocycles. The van der Waals surface area contributed by atoms with Gasteiger partial charge in [-0.2, -0.15) is 0 Å². The van der Waals surface area contributed by atoms with Gasteiger partial charge in [-0.3, -0.25) is 0 Å². The van der Waals surface area contributed by atoms with Gasteiger partial charge in [0.1, 0.15) is 11.6 Å². The highest BCUT2D eigenvalue weighted by Crippen LogP contribution is 2.21. The molecule has 0 aliphatic heterocycles. The minimum atomic E-state index is -0.212. The third kappa shape index (κ3) is 3.95. The first kappa shape index (κ1) is 14.3. The summed E-state index contributed by atoms with van der Waals surface area (Å²) < 4.78 is 13.2. The predicted molar refractivity (Wildman–Crippen MR) is 81.5 cm³/mol. The highest BCUT2D eigenvalue weighted by molar-refractivity contribution is 5.53. The second-order valence-corrected chi connectivity index (χ2v) is 4.78. The first-order valence-corrected chi connectivity index (χ1v) is 6.91. The zero-order chi connectivity index (χ0) is 14.4. The third-order valence-electron chi connectivity index (χ3n) is 3.05. The van der Waals surface area contributed by atoms with Gasteiger partial charge in [-0.25, -0.2) is 9.37 Å². The summed E-state index contributed by atoms with van der Waals surface area (Å²) >= 11 is 0. The van der Waals surface area contributed by atoms with E-state index < -0.39 is 0 Å². The molecule has 0 aliphatic rings. The molecule has 2 rings (SSSR count). The van der Waals surface area contributed by atoms with Crippen molar-refractivity contribution in [3.63, 3.8) is 0 Å². The molecule has 1 aromatic carbocycles. The highest BCUT2D eigenvalue weighted by Gasteiger charge is 2.06. The van der Waals surface area contributed by atoms with Crippen molar-refractivity contribution in [2.75, 3.05) is 17.2 Å². The number of hydrogen-bond donors (Lipinski definition) is 2. The van der Waals surface area contributed by atoms with Gasteiger partial charge in [0.05, 0.1) is 0 Å². The van der Waals surface area contributed by atoms with Crippen LogP contribution < -0.4 is 10.6 Å². The molecule has 0 aliphatic carbocycles. The normalized spacial score (nSPS) is 11.9. The molecule has 0 fully saturated rings. The lowest BCUT2D eigenvalue weighted by atomic mass is 10.1. The van der Waals surface area contributed by atoms with Gasteiger partial charge >= 0.3 is 0 Å². The molecule has 1 heterocycles. The molecular formula is C16H20FN3. The van der Waals surface area contributed by atoms with E-state index in [1.54, 1.807) is 18.3 Å². The summed E-state index contributed by atoms with van der Waals surface area (Å²) in [4.78, 5) is 4.26. The minimum absolute atomic E-state index is 0.0344. The Balaban J connectivity index is 2.05. The van der Waals surface area contributed by atoms with E-state index in [-0.39, 0.29) is 11.9 Å². The lowest BCUT2D eigenvalue weighted by Gasteiger charge is -2.16. The van der Waals surface area contributed by atoms with Crippen molar-refractivity contribution in [2.45, 2.75) is 26.3 Å². The number of nitrogens with zero attached hydrogens (tertiary/aromatic N) is 1. The van der Waals surface area contributed by atoms with Gasteiger partial charge in [0.15, 0.2) is 0 Å². The Bertz CT molecular complexity index is 557. The van der Waals surface area contributed by atoms with Crippen molar-refractivity contribution in [1.82, 2.24) is 4.98 Å². The van der Waals surface area contributed by atoms with E-state index in [1.807, 2.05) is 25.1 Å². The molecule has 1 atom stereocenters. The fourth-order valence-corrected chi connectivity index (χ4v) is 1.98. The number of aromatic nitrogens is 1. The Morgan fingerprint density at radius 1 is 1.25 bits per heavy atom. The van der Waals surface area contributed by atoms with Crippen LogP contribution in [-0.4, -0.2) is 11.5 Å². The van der Waals surface area contributed by atoms with Crippen molar-refractivity contribution in [1.29, 1.82) is 0 Å². The second kappa shape index (κ2) is 6.89. The Morgan fingerprint density at radius 2 is 2.10 bits per heavy atom. The molecule has 3 nitrogen and oxygen atoms in total. The standard InChI is InChI=1S/C16H20FN3/c1-3-8-18-16-11-15(7-9-19-16)20-12(2)13-5-4-6-14(17)10-13/h4-7,9-12H,3,8H2,1-2H3,(H2,18,19,20). The van der Waals surface area contributed by atoms with E-state index in [0.717, 1.165) is 30.0 Å².